The highest BCUT2D eigenvalue weighted by atomic mass is 19.1. The van der Waals surface area contributed by atoms with Crippen LogP contribution in [0.25, 0.3) is 0 Å². The number of aromatic nitrogens is 1. The molecule has 1 aromatic heterocycles. The molecule has 1 aliphatic rings. The van der Waals surface area contributed by atoms with Gasteiger partial charge in [0.15, 0.2) is 5.82 Å². The van der Waals surface area contributed by atoms with Gasteiger partial charge in [-0.2, -0.15) is 0 Å². The molecule has 0 radical (unpaired) electrons. The molecule has 1 atom stereocenters. The number of nitrogens with one attached hydrogen (secondary N) is 1. The number of halogens is 1. The van der Waals surface area contributed by atoms with E-state index in [0.29, 0.717) is 31.1 Å². The monoisotopic (exact) mass is 331 g/mol. The molecule has 1 fully saturated rings. The fourth-order valence-electron chi connectivity index (χ4n) is 2.73. The highest BCUT2D eigenvalue weighted by Gasteiger charge is 2.34. The molecule has 3 rings (SSSR count). The number of carbonyl (C=O) groups is 2. The molecule has 0 aliphatic carbocycles. The highest BCUT2D eigenvalue weighted by molar-refractivity contribution is 5.96. The summed E-state index contributed by atoms with van der Waals surface area (Å²) >= 11 is 0. The first-order valence-electron chi connectivity index (χ1n) is 7.77. The molecule has 7 heteroatoms. The van der Waals surface area contributed by atoms with Gasteiger partial charge in [-0.3, -0.25) is 9.59 Å². The first-order valence-corrected chi connectivity index (χ1v) is 7.77. The highest BCUT2D eigenvalue weighted by Crippen LogP contribution is 2.20. The van der Waals surface area contributed by atoms with E-state index < -0.39 is 5.92 Å². The number of likely N-dealkylation sites (tertiary alicyclic amines) is 1. The molecule has 0 spiro atoms. The van der Waals surface area contributed by atoms with Crippen molar-refractivity contribution in [1.29, 1.82) is 0 Å². The Morgan fingerprint density at radius 1 is 1.42 bits per heavy atom. The van der Waals surface area contributed by atoms with E-state index in [9.17, 15) is 14.0 Å². The van der Waals surface area contributed by atoms with E-state index in [2.05, 4.69) is 10.5 Å². The van der Waals surface area contributed by atoms with Gasteiger partial charge < -0.3 is 14.7 Å². The Hall–Kier alpha value is -2.70. The number of carbonyl (C=O) groups excluding carboxylic acids is 2. The van der Waals surface area contributed by atoms with E-state index in [0.717, 1.165) is 5.56 Å². The second-order valence-electron chi connectivity index (χ2n) is 5.93. The zero-order valence-corrected chi connectivity index (χ0v) is 13.3. The van der Waals surface area contributed by atoms with E-state index in [1.165, 1.54) is 12.1 Å². The van der Waals surface area contributed by atoms with Crippen molar-refractivity contribution in [2.45, 2.75) is 19.8 Å². The largest absolute Gasteiger partial charge is 0.360 e. The van der Waals surface area contributed by atoms with Crippen molar-refractivity contribution in [3.05, 3.63) is 47.5 Å². The molecule has 0 bridgehead atoms. The van der Waals surface area contributed by atoms with Crippen molar-refractivity contribution in [3.63, 3.8) is 0 Å². The molecule has 1 saturated heterocycles. The minimum Gasteiger partial charge on any atom is -0.360 e. The van der Waals surface area contributed by atoms with E-state index in [4.69, 9.17) is 4.52 Å². The number of amides is 2. The number of anilines is 1. The van der Waals surface area contributed by atoms with Gasteiger partial charge in [0.1, 0.15) is 11.6 Å². The van der Waals surface area contributed by atoms with Gasteiger partial charge >= 0.3 is 0 Å². The van der Waals surface area contributed by atoms with E-state index >= 15 is 0 Å². The Labute approximate surface area is 138 Å². The van der Waals surface area contributed by atoms with Gasteiger partial charge in [-0.05, 0) is 31.0 Å². The third-order valence-corrected chi connectivity index (χ3v) is 4.05. The van der Waals surface area contributed by atoms with Crippen molar-refractivity contribution in [3.8, 4) is 0 Å². The van der Waals surface area contributed by atoms with Crippen LogP contribution in [0.5, 0.6) is 0 Å². The standard InChI is InChI=1S/C17H18FN3O3/c1-11-8-15(20-24-11)19-17(23)13-9-16(22)21(10-13)7-6-12-2-4-14(18)5-3-12/h2-5,8,13H,6-7,9-10H2,1H3,(H,19,20,23). The van der Waals surface area contributed by atoms with E-state index in [1.54, 1.807) is 30.0 Å². The predicted molar refractivity (Wildman–Crippen MR) is 84.7 cm³/mol. The molecule has 24 heavy (non-hydrogen) atoms. The number of nitrogens with zero attached hydrogens (tertiary/aromatic N) is 2. The molecule has 2 heterocycles. The van der Waals surface area contributed by atoms with Crippen LogP contribution in [-0.4, -0.2) is 35.0 Å². The summed E-state index contributed by atoms with van der Waals surface area (Å²) in [6.45, 7) is 2.62. The molecule has 2 aromatic rings. The van der Waals surface area contributed by atoms with Crippen molar-refractivity contribution >= 4 is 17.6 Å². The van der Waals surface area contributed by atoms with Crippen molar-refractivity contribution < 1.29 is 18.5 Å². The molecule has 1 aliphatic heterocycles. The average Bonchev–Trinajstić information content (AvgIpc) is 3.13. The van der Waals surface area contributed by atoms with Gasteiger partial charge in [0.2, 0.25) is 11.8 Å². The van der Waals surface area contributed by atoms with Gasteiger partial charge in [0.05, 0.1) is 5.92 Å². The van der Waals surface area contributed by atoms with Gasteiger partial charge in [0.25, 0.3) is 0 Å². The molecule has 1 N–H and O–H groups in total. The maximum absolute atomic E-state index is 12.9. The van der Waals surface area contributed by atoms with Crippen LogP contribution in [0.15, 0.2) is 34.9 Å². The third kappa shape index (κ3) is 3.79. The predicted octanol–water partition coefficient (Wildman–Crippen LogP) is 2.15. The van der Waals surface area contributed by atoms with Crippen molar-refractivity contribution in [1.82, 2.24) is 10.1 Å². The maximum Gasteiger partial charge on any atom is 0.231 e. The van der Waals surface area contributed by atoms with Crippen molar-refractivity contribution in [2.75, 3.05) is 18.4 Å². The van der Waals surface area contributed by atoms with Crippen LogP contribution in [0.4, 0.5) is 10.2 Å². The summed E-state index contributed by atoms with van der Waals surface area (Å²) in [5.74, 6) is -0.00323. The van der Waals surface area contributed by atoms with Crippen LogP contribution in [-0.2, 0) is 16.0 Å². The van der Waals surface area contributed by atoms with Crippen LogP contribution < -0.4 is 5.32 Å². The molecular formula is C17H18FN3O3. The zero-order chi connectivity index (χ0) is 17.1. The molecule has 126 valence electrons. The average molecular weight is 331 g/mol. The number of rotatable bonds is 5. The Bertz CT molecular complexity index is 742. The fraction of sp³-hybridized carbons (Fsp3) is 0.353. The molecule has 0 saturated carbocycles. The van der Waals surface area contributed by atoms with Crippen LogP contribution in [0.3, 0.4) is 0 Å². The second kappa shape index (κ2) is 6.82. The number of hydrogen-bond donors (Lipinski definition) is 1. The van der Waals surface area contributed by atoms with Gasteiger partial charge in [-0.1, -0.05) is 17.3 Å². The first-order chi connectivity index (χ1) is 11.5. The lowest BCUT2D eigenvalue weighted by molar-refractivity contribution is -0.128. The first kappa shape index (κ1) is 16.2. The maximum atomic E-state index is 12.9. The summed E-state index contributed by atoms with van der Waals surface area (Å²) in [6, 6.07) is 7.83. The third-order valence-electron chi connectivity index (χ3n) is 4.05. The summed E-state index contributed by atoms with van der Waals surface area (Å²) in [5, 5.41) is 6.37. The van der Waals surface area contributed by atoms with E-state index in [-0.39, 0.29) is 24.1 Å². The molecular weight excluding hydrogens is 313 g/mol. The SMILES string of the molecule is Cc1cc(NC(=O)C2CC(=O)N(CCc3ccc(F)cc3)C2)no1. The minimum absolute atomic E-state index is 0.0476. The van der Waals surface area contributed by atoms with Crippen LogP contribution in [0.1, 0.15) is 17.7 Å². The van der Waals surface area contributed by atoms with Crippen molar-refractivity contribution in [2.24, 2.45) is 5.92 Å². The summed E-state index contributed by atoms with van der Waals surface area (Å²) in [4.78, 5) is 26.0. The molecule has 2 amide bonds. The summed E-state index contributed by atoms with van der Waals surface area (Å²) in [5.41, 5.74) is 0.954. The summed E-state index contributed by atoms with van der Waals surface area (Å²) in [7, 11) is 0. The van der Waals surface area contributed by atoms with E-state index in [1.807, 2.05) is 0 Å². The lowest BCUT2D eigenvalue weighted by atomic mass is 10.1. The molecule has 6 nitrogen and oxygen atoms in total. The zero-order valence-electron chi connectivity index (χ0n) is 13.3. The normalized spacial score (nSPS) is 17.3. The van der Waals surface area contributed by atoms with Crippen LogP contribution in [0, 0.1) is 18.7 Å². The lowest BCUT2D eigenvalue weighted by Gasteiger charge is -2.16. The summed E-state index contributed by atoms with van der Waals surface area (Å²) in [6.07, 6.45) is 0.814. The fourth-order valence-corrected chi connectivity index (χ4v) is 2.73. The second-order valence-corrected chi connectivity index (χ2v) is 5.93. The smallest absolute Gasteiger partial charge is 0.231 e. The Kier molecular flexibility index (Phi) is 4.59. The Morgan fingerprint density at radius 3 is 2.83 bits per heavy atom. The number of aryl methyl sites for hydroxylation is 1. The summed E-state index contributed by atoms with van der Waals surface area (Å²) < 4.78 is 17.8. The number of hydrogen-bond acceptors (Lipinski definition) is 4. The molecule has 1 aromatic carbocycles. The van der Waals surface area contributed by atoms with Gasteiger partial charge in [-0.25, -0.2) is 4.39 Å². The van der Waals surface area contributed by atoms with Crippen LogP contribution >= 0.6 is 0 Å². The van der Waals surface area contributed by atoms with Crippen LogP contribution in [0.2, 0.25) is 0 Å². The molecule has 1 unspecified atom stereocenters. The quantitative estimate of drug-likeness (QED) is 0.911. The Balaban J connectivity index is 1.53. The van der Waals surface area contributed by atoms with Gasteiger partial charge in [0, 0.05) is 25.6 Å². The number of benzene rings is 1. The minimum atomic E-state index is -0.400. The Morgan fingerprint density at radius 2 is 2.17 bits per heavy atom. The van der Waals surface area contributed by atoms with Gasteiger partial charge in [-0.15, -0.1) is 0 Å². The topological polar surface area (TPSA) is 75.4 Å². The lowest BCUT2D eigenvalue weighted by Crippen LogP contribution is -2.30.